The van der Waals surface area contributed by atoms with E-state index in [2.05, 4.69) is 15.3 Å². The summed E-state index contributed by atoms with van der Waals surface area (Å²) in [5.74, 6) is -0.178. The molecule has 94 valence electrons. The van der Waals surface area contributed by atoms with E-state index in [1.807, 2.05) is 6.92 Å². The number of anilines is 1. The summed E-state index contributed by atoms with van der Waals surface area (Å²) in [5, 5.41) is 12.5. The maximum atomic E-state index is 14.0. The van der Waals surface area contributed by atoms with Crippen LogP contribution in [0.5, 0.6) is 0 Å². The first-order chi connectivity index (χ1) is 8.21. The minimum atomic E-state index is -0.403. The first-order valence-electron chi connectivity index (χ1n) is 6.09. The van der Waals surface area contributed by atoms with Crippen LogP contribution in [-0.2, 0) is 6.42 Å². The summed E-state index contributed by atoms with van der Waals surface area (Å²) in [6.07, 6.45) is 5.73. The molecule has 2 N–H and O–H groups in total. The number of aryl methyl sites for hydroxylation is 1. The van der Waals surface area contributed by atoms with Crippen molar-refractivity contribution in [2.45, 2.75) is 44.6 Å². The van der Waals surface area contributed by atoms with Crippen molar-refractivity contribution in [2.24, 2.45) is 0 Å². The molecule has 0 radical (unpaired) electrons. The molecule has 1 fully saturated rings. The van der Waals surface area contributed by atoms with Gasteiger partial charge in [-0.05, 0) is 19.3 Å². The van der Waals surface area contributed by atoms with Crippen LogP contribution in [0.2, 0.25) is 0 Å². The van der Waals surface area contributed by atoms with Gasteiger partial charge < -0.3 is 10.4 Å². The molecule has 0 saturated heterocycles. The number of aliphatic hydroxyl groups excluding tert-OH is 1. The Bertz CT molecular complexity index is 391. The number of hydrogen-bond acceptors (Lipinski definition) is 4. The number of nitrogens with one attached hydrogen (secondary N) is 1. The summed E-state index contributed by atoms with van der Waals surface area (Å²) in [6.45, 7) is 1.87. The van der Waals surface area contributed by atoms with Crippen molar-refractivity contribution < 1.29 is 9.50 Å². The quantitative estimate of drug-likeness (QED) is 0.842. The Labute approximate surface area is 100 Å². The third-order valence-corrected chi connectivity index (χ3v) is 3.44. The van der Waals surface area contributed by atoms with Gasteiger partial charge in [-0.2, -0.15) is 0 Å². The molecule has 0 spiro atoms. The number of aliphatic hydroxyl groups is 1. The Morgan fingerprint density at radius 3 is 2.71 bits per heavy atom. The zero-order valence-electron chi connectivity index (χ0n) is 10.0. The van der Waals surface area contributed by atoms with Gasteiger partial charge in [0.1, 0.15) is 6.33 Å². The van der Waals surface area contributed by atoms with E-state index in [-0.39, 0.29) is 12.4 Å². The second-order valence-corrected chi connectivity index (χ2v) is 4.61. The van der Waals surface area contributed by atoms with Gasteiger partial charge in [-0.3, -0.25) is 0 Å². The highest BCUT2D eigenvalue weighted by Crippen LogP contribution is 2.33. The first-order valence-corrected chi connectivity index (χ1v) is 6.09. The Morgan fingerprint density at radius 1 is 1.41 bits per heavy atom. The molecule has 2 rings (SSSR count). The summed E-state index contributed by atoms with van der Waals surface area (Å²) >= 11 is 0. The highest BCUT2D eigenvalue weighted by Gasteiger charge is 2.34. The van der Waals surface area contributed by atoms with Crippen molar-refractivity contribution in [2.75, 3.05) is 11.9 Å². The average molecular weight is 239 g/mol. The van der Waals surface area contributed by atoms with Crippen LogP contribution < -0.4 is 5.32 Å². The zero-order valence-corrected chi connectivity index (χ0v) is 10.0. The van der Waals surface area contributed by atoms with Crippen LogP contribution in [0, 0.1) is 5.82 Å². The molecule has 0 amide bonds. The van der Waals surface area contributed by atoms with Crippen LogP contribution in [0.3, 0.4) is 0 Å². The van der Waals surface area contributed by atoms with Crippen molar-refractivity contribution in [1.82, 2.24) is 9.97 Å². The van der Waals surface area contributed by atoms with E-state index in [1.54, 1.807) is 0 Å². The van der Waals surface area contributed by atoms with E-state index in [0.29, 0.717) is 12.1 Å². The number of aromatic nitrogens is 2. The lowest BCUT2D eigenvalue weighted by Crippen LogP contribution is -2.39. The maximum Gasteiger partial charge on any atom is 0.186 e. The highest BCUT2D eigenvalue weighted by atomic mass is 19.1. The van der Waals surface area contributed by atoms with Gasteiger partial charge in [0.15, 0.2) is 11.6 Å². The van der Waals surface area contributed by atoms with E-state index in [1.165, 1.54) is 6.33 Å². The van der Waals surface area contributed by atoms with Gasteiger partial charge in [-0.25, -0.2) is 14.4 Å². The van der Waals surface area contributed by atoms with Crippen LogP contribution >= 0.6 is 0 Å². The molecule has 0 atom stereocenters. The minimum absolute atomic E-state index is 0.0118. The Kier molecular flexibility index (Phi) is 3.57. The third-order valence-electron chi connectivity index (χ3n) is 3.44. The lowest BCUT2D eigenvalue weighted by molar-refractivity contribution is 0.213. The van der Waals surface area contributed by atoms with E-state index < -0.39 is 11.4 Å². The molecular formula is C12H18FN3O. The van der Waals surface area contributed by atoms with Crippen molar-refractivity contribution in [1.29, 1.82) is 0 Å². The van der Waals surface area contributed by atoms with Crippen LogP contribution in [0.1, 0.15) is 38.3 Å². The molecule has 1 aliphatic carbocycles. The van der Waals surface area contributed by atoms with E-state index in [9.17, 15) is 9.50 Å². The molecule has 0 aromatic carbocycles. The fraction of sp³-hybridized carbons (Fsp3) is 0.667. The summed E-state index contributed by atoms with van der Waals surface area (Å²) in [7, 11) is 0. The van der Waals surface area contributed by atoms with Crippen LogP contribution in [0.15, 0.2) is 6.33 Å². The average Bonchev–Trinajstić information content (AvgIpc) is 2.81. The first kappa shape index (κ1) is 12.2. The SMILES string of the molecule is CCc1ncnc(NC2(CO)CCCC2)c1F. The normalized spacial score (nSPS) is 18.3. The molecule has 5 heteroatoms. The second-order valence-electron chi connectivity index (χ2n) is 4.61. The number of rotatable bonds is 4. The number of nitrogens with zero attached hydrogens (tertiary/aromatic N) is 2. The molecule has 0 unspecified atom stereocenters. The van der Waals surface area contributed by atoms with Gasteiger partial charge in [0.25, 0.3) is 0 Å². The predicted molar refractivity (Wildman–Crippen MR) is 63.3 cm³/mol. The van der Waals surface area contributed by atoms with Gasteiger partial charge in [0.05, 0.1) is 17.8 Å². The lowest BCUT2D eigenvalue weighted by Gasteiger charge is -2.28. The summed E-state index contributed by atoms with van der Waals surface area (Å²) in [5.41, 5.74) is 0.00815. The summed E-state index contributed by atoms with van der Waals surface area (Å²) < 4.78 is 14.0. The molecule has 1 aromatic heterocycles. The number of hydrogen-bond donors (Lipinski definition) is 2. The van der Waals surface area contributed by atoms with Crippen molar-refractivity contribution >= 4 is 5.82 Å². The molecule has 17 heavy (non-hydrogen) atoms. The predicted octanol–water partition coefficient (Wildman–Crippen LogP) is 1.90. The zero-order chi connectivity index (χ0) is 12.3. The van der Waals surface area contributed by atoms with Crippen molar-refractivity contribution in [3.8, 4) is 0 Å². The molecule has 1 saturated carbocycles. The second kappa shape index (κ2) is 4.96. The highest BCUT2D eigenvalue weighted by molar-refractivity contribution is 5.40. The van der Waals surface area contributed by atoms with Gasteiger partial charge in [0.2, 0.25) is 0 Å². The monoisotopic (exact) mass is 239 g/mol. The van der Waals surface area contributed by atoms with E-state index in [0.717, 1.165) is 25.7 Å². The van der Waals surface area contributed by atoms with Crippen LogP contribution in [-0.4, -0.2) is 27.2 Å². The Hall–Kier alpha value is -1.23. The fourth-order valence-electron chi connectivity index (χ4n) is 2.37. The molecule has 0 bridgehead atoms. The largest absolute Gasteiger partial charge is 0.394 e. The van der Waals surface area contributed by atoms with Crippen LogP contribution in [0.25, 0.3) is 0 Å². The third kappa shape index (κ3) is 2.39. The Morgan fingerprint density at radius 2 is 2.12 bits per heavy atom. The molecular weight excluding hydrogens is 221 g/mol. The van der Waals surface area contributed by atoms with E-state index >= 15 is 0 Å². The summed E-state index contributed by atoms with van der Waals surface area (Å²) in [4.78, 5) is 7.83. The van der Waals surface area contributed by atoms with Gasteiger partial charge in [-0.15, -0.1) is 0 Å². The van der Waals surface area contributed by atoms with Gasteiger partial charge in [-0.1, -0.05) is 19.8 Å². The van der Waals surface area contributed by atoms with E-state index in [4.69, 9.17) is 0 Å². The maximum absolute atomic E-state index is 14.0. The van der Waals surface area contributed by atoms with Crippen LogP contribution in [0.4, 0.5) is 10.2 Å². The molecule has 4 nitrogen and oxygen atoms in total. The molecule has 1 aromatic rings. The lowest BCUT2D eigenvalue weighted by atomic mass is 9.99. The van der Waals surface area contributed by atoms with Gasteiger partial charge in [0, 0.05) is 0 Å². The number of halogens is 1. The fourth-order valence-corrected chi connectivity index (χ4v) is 2.37. The summed E-state index contributed by atoms with van der Waals surface area (Å²) in [6, 6.07) is 0. The minimum Gasteiger partial charge on any atom is -0.394 e. The topological polar surface area (TPSA) is 58.0 Å². The molecule has 1 aliphatic rings. The van der Waals surface area contributed by atoms with Crippen molar-refractivity contribution in [3.63, 3.8) is 0 Å². The van der Waals surface area contributed by atoms with Gasteiger partial charge >= 0.3 is 0 Å². The smallest absolute Gasteiger partial charge is 0.186 e. The molecule has 1 heterocycles. The van der Waals surface area contributed by atoms with Crippen molar-refractivity contribution in [3.05, 3.63) is 17.8 Å². The standard InChI is InChI=1S/C12H18FN3O/c1-2-9-10(13)11(15-8-14-9)16-12(7-17)5-3-4-6-12/h8,17H,2-7H2,1H3,(H,14,15,16). The molecule has 0 aliphatic heterocycles. The Balaban J connectivity index is 2.23.